The first-order chi connectivity index (χ1) is 10.1. The fourth-order valence-electron chi connectivity index (χ4n) is 1.64. The summed E-state index contributed by atoms with van der Waals surface area (Å²) in [6, 6.07) is 11.4. The van der Waals surface area contributed by atoms with E-state index in [0.29, 0.717) is 16.9 Å². The van der Waals surface area contributed by atoms with Crippen LogP contribution in [0.4, 0.5) is 20.6 Å². The molecule has 0 unspecified atom stereocenters. The normalized spacial score (nSPS) is 11.0. The van der Waals surface area contributed by atoms with Crippen molar-refractivity contribution in [3.05, 3.63) is 59.9 Å². The smallest absolute Gasteiger partial charge is 0.323 e. The summed E-state index contributed by atoms with van der Waals surface area (Å²) in [6.07, 6.45) is 0. The number of rotatable bonds is 3. The zero-order valence-corrected chi connectivity index (χ0v) is 10.9. The van der Waals surface area contributed by atoms with Crippen LogP contribution < -0.4 is 16.4 Å². The van der Waals surface area contributed by atoms with Crippen molar-refractivity contribution in [3.63, 3.8) is 0 Å². The Kier molecular flexibility index (Phi) is 4.35. The first-order valence-electron chi connectivity index (χ1n) is 6.00. The van der Waals surface area contributed by atoms with Gasteiger partial charge in [-0.25, -0.2) is 9.18 Å². The van der Waals surface area contributed by atoms with Crippen molar-refractivity contribution in [2.24, 2.45) is 10.9 Å². The molecule has 21 heavy (non-hydrogen) atoms. The van der Waals surface area contributed by atoms with Gasteiger partial charge in [0.05, 0.1) is 0 Å². The molecule has 6 nitrogen and oxygen atoms in total. The second-order valence-electron chi connectivity index (χ2n) is 4.15. The van der Waals surface area contributed by atoms with E-state index in [9.17, 15) is 9.18 Å². The highest BCUT2D eigenvalue weighted by Crippen LogP contribution is 2.12. The fourth-order valence-corrected chi connectivity index (χ4v) is 1.64. The van der Waals surface area contributed by atoms with E-state index >= 15 is 0 Å². The molecule has 0 aliphatic heterocycles. The summed E-state index contributed by atoms with van der Waals surface area (Å²) in [4.78, 5) is 11.8. The molecule has 5 N–H and O–H groups in total. The number of carbonyl (C=O) groups is 1. The van der Waals surface area contributed by atoms with E-state index in [0.717, 1.165) is 0 Å². The van der Waals surface area contributed by atoms with E-state index < -0.39 is 6.03 Å². The van der Waals surface area contributed by atoms with Crippen LogP contribution in [0.2, 0.25) is 0 Å². The van der Waals surface area contributed by atoms with Gasteiger partial charge in [0.2, 0.25) is 0 Å². The minimum Gasteiger partial charge on any atom is -0.409 e. The SMILES string of the molecule is N/C(=N/O)c1cccc(NC(=O)Nc2ccc(F)cc2)c1. The molecule has 0 spiro atoms. The highest BCUT2D eigenvalue weighted by molar-refractivity contribution is 6.02. The Balaban J connectivity index is 2.04. The number of nitrogens with zero attached hydrogens (tertiary/aromatic N) is 1. The topological polar surface area (TPSA) is 99.7 Å². The monoisotopic (exact) mass is 288 g/mol. The second-order valence-corrected chi connectivity index (χ2v) is 4.15. The van der Waals surface area contributed by atoms with E-state index in [1.54, 1.807) is 24.3 Å². The van der Waals surface area contributed by atoms with Gasteiger partial charge in [0.15, 0.2) is 5.84 Å². The molecule has 0 saturated carbocycles. The van der Waals surface area contributed by atoms with Gasteiger partial charge >= 0.3 is 6.03 Å². The third-order valence-corrected chi connectivity index (χ3v) is 2.63. The third kappa shape index (κ3) is 3.93. The Morgan fingerprint density at radius 1 is 1.10 bits per heavy atom. The van der Waals surface area contributed by atoms with Crippen molar-refractivity contribution in [3.8, 4) is 0 Å². The lowest BCUT2D eigenvalue weighted by atomic mass is 10.2. The van der Waals surface area contributed by atoms with Crippen LogP contribution in [0.1, 0.15) is 5.56 Å². The number of hydrogen-bond donors (Lipinski definition) is 4. The Bertz CT molecular complexity index is 671. The van der Waals surface area contributed by atoms with Crippen LogP contribution in [0.3, 0.4) is 0 Å². The molecule has 108 valence electrons. The van der Waals surface area contributed by atoms with Crippen molar-refractivity contribution in [1.29, 1.82) is 0 Å². The fraction of sp³-hybridized carbons (Fsp3) is 0. The maximum Gasteiger partial charge on any atom is 0.323 e. The van der Waals surface area contributed by atoms with Crippen LogP contribution >= 0.6 is 0 Å². The molecule has 2 amide bonds. The molecule has 0 aliphatic rings. The molecule has 0 heterocycles. The number of halogens is 1. The molecule has 0 aliphatic carbocycles. The third-order valence-electron chi connectivity index (χ3n) is 2.63. The van der Waals surface area contributed by atoms with Gasteiger partial charge in [-0.05, 0) is 36.4 Å². The summed E-state index contributed by atoms with van der Waals surface area (Å²) in [5.74, 6) is -0.440. The number of amidine groups is 1. The largest absolute Gasteiger partial charge is 0.409 e. The number of nitrogens with one attached hydrogen (secondary N) is 2. The average molecular weight is 288 g/mol. The molecule has 2 aromatic carbocycles. The van der Waals surface area contributed by atoms with Gasteiger partial charge in [-0.3, -0.25) is 0 Å². The van der Waals surface area contributed by atoms with Crippen molar-refractivity contribution < 1.29 is 14.4 Å². The van der Waals surface area contributed by atoms with Crippen molar-refractivity contribution in [2.45, 2.75) is 0 Å². The number of benzene rings is 2. The molecule has 0 atom stereocenters. The molecular formula is C14H13FN4O2. The quantitative estimate of drug-likeness (QED) is 0.302. The average Bonchev–Trinajstić information content (AvgIpc) is 2.49. The van der Waals surface area contributed by atoms with Crippen LogP contribution in [-0.4, -0.2) is 17.1 Å². The lowest BCUT2D eigenvalue weighted by Crippen LogP contribution is -2.20. The van der Waals surface area contributed by atoms with Crippen LogP contribution in [0.5, 0.6) is 0 Å². The zero-order chi connectivity index (χ0) is 15.2. The Hall–Kier alpha value is -3.09. The summed E-state index contributed by atoms with van der Waals surface area (Å²) in [7, 11) is 0. The number of amides is 2. The standard InChI is InChI=1S/C14H13FN4O2/c15-10-4-6-11(7-5-10)17-14(20)18-12-3-1-2-9(8-12)13(16)19-21/h1-8,21H,(H2,16,19)(H2,17,18,20). The van der Waals surface area contributed by atoms with Gasteiger partial charge < -0.3 is 21.6 Å². The number of oxime groups is 1. The molecule has 0 bridgehead atoms. The Morgan fingerprint density at radius 3 is 2.43 bits per heavy atom. The van der Waals surface area contributed by atoms with Gasteiger partial charge in [-0.1, -0.05) is 17.3 Å². The molecule has 2 rings (SSSR count). The summed E-state index contributed by atoms with van der Waals surface area (Å²) >= 11 is 0. The maximum atomic E-state index is 12.8. The summed E-state index contributed by atoms with van der Waals surface area (Å²) < 4.78 is 12.8. The molecule has 7 heteroatoms. The number of anilines is 2. The molecule has 2 aromatic rings. The minimum absolute atomic E-state index is 0.0578. The van der Waals surface area contributed by atoms with E-state index in [1.807, 2.05) is 0 Å². The predicted molar refractivity (Wildman–Crippen MR) is 78.0 cm³/mol. The lowest BCUT2D eigenvalue weighted by molar-refractivity contribution is 0.262. The van der Waals surface area contributed by atoms with Gasteiger partial charge in [0.25, 0.3) is 0 Å². The van der Waals surface area contributed by atoms with Crippen molar-refractivity contribution >= 4 is 23.2 Å². The van der Waals surface area contributed by atoms with E-state index in [2.05, 4.69) is 15.8 Å². The highest BCUT2D eigenvalue weighted by Gasteiger charge is 2.05. The Morgan fingerprint density at radius 2 is 1.76 bits per heavy atom. The first-order valence-corrected chi connectivity index (χ1v) is 6.00. The highest BCUT2D eigenvalue weighted by atomic mass is 19.1. The number of nitrogens with two attached hydrogens (primary N) is 1. The minimum atomic E-state index is -0.488. The van der Waals surface area contributed by atoms with Gasteiger partial charge in [0, 0.05) is 16.9 Å². The summed E-state index contributed by atoms with van der Waals surface area (Å²) in [5, 5.41) is 16.6. The van der Waals surface area contributed by atoms with Gasteiger partial charge in [-0.2, -0.15) is 0 Å². The van der Waals surface area contributed by atoms with E-state index in [1.165, 1.54) is 24.3 Å². The molecule has 0 aromatic heterocycles. The van der Waals surface area contributed by atoms with Crippen molar-refractivity contribution in [2.75, 3.05) is 10.6 Å². The first kappa shape index (κ1) is 14.3. The maximum absolute atomic E-state index is 12.8. The summed E-state index contributed by atoms with van der Waals surface area (Å²) in [5.41, 5.74) is 6.87. The van der Waals surface area contributed by atoms with Crippen LogP contribution in [0, 0.1) is 5.82 Å². The molecule has 0 saturated heterocycles. The van der Waals surface area contributed by atoms with Crippen molar-refractivity contribution in [1.82, 2.24) is 0 Å². The van der Waals surface area contributed by atoms with E-state index in [4.69, 9.17) is 10.9 Å². The van der Waals surface area contributed by atoms with Gasteiger partial charge in [0.1, 0.15) is 5.82 Å². The predicted octanol–water partition coefficient (Wildman–Crippen LogP) is 2.56. The van der Waals surface area contributed by atoms with Crippen LogP contribution in [-0.2, 0) is 0 Å². The number of urea groups is 1. The number of hydrogen-bond acceptors (Lipinski definition) is 3. The van der Waals surface area contributed by atoms with Crippen LogP contribution in [0.25, 0.3) is 0 Å². The molecular weight excluding hydrogens is 275 g/mol. The Labute approximate surface area is 120 Å². The molecule has 0 radical (unpaired) electrons. The molecule has 0 fully saturated rings. The van der Waals surface area contributed by atoms with E-state index in [-0.39, 0.29) is 11.7 Å². The lowest BCUT2D eigenvalue weighted by Gasteiger charge is -2.08. The number of carbonyl (C=O) groups excluding carboxylic acids is 1. The second kappa shape index (κ2) is 6.38. The summed E-state index contributed by atoms with van der Waals surface area (Å²) in [6.45, 7) is 0. The van der Waals surface area contributed by atoms with Crippen LogP contribution in [0.15, 0.2) is 53.7 Å². The zero-order valence-electron chi connectivity index (χ0n) is 10.9. The van der Waals surface area contributed by atoms with Gasteiger partial charge in [-0.15, -0.1) is 0 Å².